The first-order chi connectivity index (χ1) is 22.2. The number of rotatable bonds is 2. The molecule has 0 saturated heterocycles. The summed E-state index contributed by atoms with van der Waals surface area (Å²) in [7, 11) is 0. The van der Waals surface area contributed by atoms with Crippen LogP contribution >= 0.6 is 0 Å². The van der Waals surface area contributed by atoms with E-state index < -0.39 is 0 Å². The van der Waals surface area contributed by atoms with Crippen LogP contribution in [0.2, 0.25) is 0 Å². The standard InChI is InChI=1S/2C13H9.C13H11.2C2H5O.Hf/c2*1-3-7-12-10(5-1)9-11-6-2-4-8-13(11)12;1-3-7-12(8-4-1)11-13-9-5-2-6-10-13;2*1-2-3;/h2*1-9H;1-11H;2*2H2,1H3;/q5*-1;. The Labute approximate surface area is 292 Å². The monoisotopic (exact) mass is 767 g/mol. The molecule has 8 aromatic rings. The smallest absolute Gasteiger partial charge is 0 e. The predicted molar refractivity (Wildman–Crippen MR) is 191 cm³/mol. The van der Waals surface area contributed by atoms with Crippen molar-refractivity contribution < 1.29 is 36.1 Å². The van der Waals surface area contributed by atoms with Gasteiger partial charge in [0, 0.05) is 25.8 Å². The van der Waals surface area contributed by atoms with Gasteiger partial charge in [0.1, 0.15) is 0 Å². The van der Waals surface area contributed by atoms with E-state index in [0.717, 1.165) is 0 Å². The second-order valence-electron chi connectivity index (χ2n) is 10.2. The molecule has 0 amide bonds. The second kappa shape index (κ2) is 20.0. The Kier molecular flexibility index (Phi) is 15.7. The van der Waals surface area contributed by atoms with Gasteiger partial charge in [0.2, 0.25) is 0 Å². The Bertz CT molecular complexity index is 1720. The summed E-state index contributed by atoms with van der Waals surface area (Å²) in [5, 5.41) is 28.6. The van der Waals surface area contributed by atoms with Gasteiger partial charge in [-0.3, -0.25) is 0 Å². The Morgan fingerprint density at radius 2 is 0.609 bits per heavy atom. The molecule has 0 aliphatic heterocycles. The van der Waals surface area contributed by atoms with E-state index in [9.17, 15) is 0 Å². The summed E-state index contributed by atoms with van der Waals surface area (Å²) in [5.41, 5.74) is 2.49. The van der Waals surface area contributed by atoms with E-state index in [4.69, 9.17) is 10.2 Å². The molecule has 0 N–H and O–H groups in total. The summed E-state index contributed by atoms with van der Waals surface area (Å²) in [5.74, 6) is 0. The van der Waals surface area contributed by atoms with Crippen LogP contribution in [0.4, 0.5) is 0 Å². The zero-order valence-electron chi connectivity index (χ0n) is 26.5. The van der Waals surface area contributed by atoms with Crippen molar-refractivity contribution >= 4 is 43.1 Å². The van der Waals surface area contributed by atoms with Gasteiger partial charge in [0.05, 0.1) is 0 Å². The molecule has 46 heavy (non-hydrogen) atoms. The fourth-order valence-corrected chi connectivity index (χ4v) is 5.10. The minimum absolute atomic E-state index is 0. The van der Waals surface area contributed by atoms with E-state index in [1.165, 1.54) is 54.2 Å². The molecule has 0 bridgehead atoms. The van der Waals surface area contributed by atoms with Gasteiger partial charge >= 0.3 is 0 Å². The van der Waals surface area contributed by atoms with E-state index in [0.29, 0.717) is 0 Å². The minimum Gasteiger partial charge on any atom is -0.855 e. The van der Waals surface area contributed by atoms with Crippen LogP contribution in [-0.2, 0) is 25.8 Å². The van der Waals surface area contributed by atoms with E-state index in [1.807, 2.05) is 12.1 Å². The maximum absolute atomic E-state index is 8.93. The number of hydrogen-bond acceptors (Lipinski definition) is 2. The molecule has 0 aliphatic carbocycles. The molecular weight excluding hydrogens is 727 g/mol. The van der Waals surface area contributed by atoms with Gasteiger partial charge in [-0.2, -0.15) is 0 Å². The second-order valence-corrected chi connectivity index (χ2v) is 10.2. The molecular formula is C43H39HfO2-5. The van der Waals surface area contributed by atoms with E-state index >= 15 is 0 Å². The molecule has 3 heteroatoms. The van der Waals surface area contributed by atoms with Crippen LogP contribution in [-0.4, -0.2) is 13.2 Å². The molecule has 0 fully saturated rings. The summed E-state index contributed by atoms with van der Waals surface area (Å²) < 4.78 is 0. The van der Waals surface area contributed by atoms with Crippen molar-refractivity contribution in [3.63, 3.8) is 0 Å². The summed E-state index contributed by atoms with van der Waals surface area (Å²) in [6.45, 7) is 3.14. The van der Waals surface area contributed by atoms with Crippen LogP contribution in [0.1, 0.15) is 25.0 Å². The predicted octanol–water partition coefficient (Wildman–Crippen LogP) is 9.44. The van der Waals surface area contributed by atoms with Gasteiger partial charge in [-0.1, -0.05) is 123 Å². The molecule has 0 aliphatic rings. The molecule has 8 rings (SSSR count). The zero-order chi connectivity index (χ0) is 31.7. The molecule has 0 radical (unpaired) electrons. The fourth-order valence-electron chi connectivity index (χ4n) is 5.10. The average Bonchev–Trinajstić information content (AvgIpc) is 3.66. The normalized spacial score (nSPS) is 9.74. The number of benzene rings is 6. The summed E-state index contributed by atoms with van der Waals surface area (Å²) in [6.07, 6.45) is 2.17. The van der Waals surface area contributed by atoms with Crippen molar-refractivity contribution in [3.05, 3.63) is 187 Å². The molecule has 2 nitrogen and oxygen atoms in total. The molecule has 0 unspecified atom stereocenters. The van der Waals surface area contributed by atoms with Gasteiger partial charge < -0.3 is 10.2 Å². The van der Waals surface area contributed by atoms with Crippen LogP contribution in [0.25, 0.3) is 43.1 Å². The average molecular weight is 766 g/mol. The Hall–Kier alpha value is -4.28. The van der Waals surface area contributed by atoms with Crippen LogP contribution < -0.4 is 10.2 Å². The fraction of sp³-hybridized carbons (Fsp3) is 0.0930. The molecule has 232 valence electrons. The first-order valence-electron chi connectivity index (χ1n) is 15.4. The maximum Gasteiger partial charge on any atom is 0 e. The van der Waals surface area contributed by atoms with Crippen molar-refractivity contribution in [2.45, 2.75) is 13.8 Å². The molecule has 0 heterocycles. The van der Waals surface area contributed by atoms with Gasteiger partial charge in [-0.15, -0.1) is 135 Å². The van der Waals surface area contributed by atoms with E-state index in [2.05, 4.69) is 164 Å². The molecule has 0 aromatic heterocycles. The topological polar surface area (TPSA) is 46.1 Å². The zero-order valence-corrected chi connectivity index (χ0v) is 30.1. The SMILES string of the molecule is CC[O-].CC[O-].[Hf].c1ccc([CH-]c2ccccc2)cc1.c1ccc2c(c1)[cH-]c1ccccc12.c1ccc2c(c1)[cH-]c1ccccc12. The van der Waals surface area contributed by atoms with Crippen molar-refractivity contribution in [2.24, 2.45) is 0 Å². The molecule has 0 spiro atoms. The third-order valence-electron chi connectivity index (χ3n) is 6.98. The third-order valence-corrected chi connectivity index (χ3v) is 6.98. The molecule has 8 aromatic carbocycles. The maximum atomic E-state index is 8.93. The summed E-state index contributed by atoms with van der Waals surface area (Å²) in [4.78, 5) is 0. The van der Waals surface area contributed by atoms with Crippen LogP contribution in [0.15, 0.2) is 170 Å². The van der Waals surface area contributed by atoms with E-state index in [-0.39, 0.29) is 39.1 Å². The van der Waals surface area contributed by atoms with Gasteiger partial charge in [0.25, 0.3) is 0 Å². The Morgan fingerprint density at radius 3 is 0.870 bits per heavy atom. The number of hydrogen-bond donors (Lipinski definition) is 0. The van der Waals surface area contributed by atoms with Gasteiger partial charge in [-0.05, 0) is 0 Å². The first-order valence-corrected chi connectivity index (χ1v) is 15.4. The Morgan fingerprint density at radius 1 is 0.391 bits per heavy atom. The van der Waals surface area contributed by atoms with Crippen LogP contribution in [0.5, 0.6) is 0 Å². The van der Waals surface area contributed by atoms with Crippen molar-refractivity contribution in [3.8, 4) is 0 Å². The summed E-state index contributed by atoms with van der Waals surface area (Å²) >= 11 is 0. The minimum atomic E-state index is 0. The first kappa shape index (κ1) is 36.2. The largest absolute Gasteiger partial charge is 0.855 e. The van der Waals surface area contributed by atoms with Gasteiger partial charge in [0.15, 0.2) is 0 Å². The Balaban J connectivity index is 0.000000171. The molecule has 0 atom stereocenters. The number of fused-ring (bicyclic) bond motifs is 6. The third kappa shape index (κ3) is 10.4. The van der Waals surface area contributed by atoms with Crippen molar-refractivity contribution in [1.29, 1.82) is 0 Å². The van der Waals surface area contributed by atoms with Crippen LogP contribution in [0.3, 0.4) is 0 Å². The van der Waals surface area contributed by atoms with Crippen LogP contribution in [0, 0.1) is 6.42 Å². The van der Waals surface area contributed by atoms with E-state index in [1.54, 1.807) is 13.8 Å². The van der Waals surface area contributed by atoms with Crippen molar-refractivity contribution in [1.82, 2.24) is 0 Å². The summed E-state index contributed by atoms with van der Waals surface area (Å²) in [6, 6.07) is 59.2. The van der Waals surface area contributed by atoms with Crippen molar-refractivity contribution in [2.75, 3.05) is 13.2 Å². The molecule has 0 saturated carbocycles. The van der Waals surface area contributed by atoms with Gasteiger partial charge in [-0.25, -0.2) is 0 Å². The quantitative estimate of drug-likeness (QED) is 0.130.